The van der Waals surface area contributed by atoms with Crippen molar-refractivity contribution in [3.05, 3.63) is 30.1 Å². The number of aromatic nitrogens is 1. The fourth-order valence-electron chi connectivity index (χ4n) is 3.44. The van der Waals surface area contributed by atoms with Gasteiger partial charge in [-0.2, -0.15) is 0 Å². The van der Waals surface area contributed by atoms with Crippen molar-refractivity contribution in [1.82, 2.24) is 15.6 Å². The monoisotopic (exact) mass is 345 g/mol. The van der Waals surface area contributed by atoms with Gasteiger partial charge in [-0.3, -0.25) is 14.6 Å². The van der Waals surface area contributed by atoms with E-state index in [2.05, 4.69) is 22.5 Å². The smallest absolute Gasteiger partial charge is 0.223 e. The molecule has 5 nitrogen and oxygen atoms in total. The molecule has 1 saturated carbocycles. The van der Waals surface area contributed by atoms with Crippen LogP contribution in [-0.4, -0.2) is 23.3 Å². The Hall–Kier alpha value is -1.91. The van der Waals surface area contributed by atoms with E-state index >= 15 is 0 Å². The zero-order valence-corrected chi connectivity index (χ0v) is 15.3. The second-order valence-corrected chi connectivity index (χ2v) is 7.04. The summed E-state index contributed by atoms with van der Waals surface area (Å²) in [5.41, 5.74) is 0.972. The molecule has 2 amide bonds. The van der Waals surface area contributed by atoms with Crippen LogP contribution in [0.4, 0.5) is 0 Å². The molecular formula is C20H31N3O2. The highest BCUT2D eigenvalue weighted by atomic mass is 16.2. The molecule has 1 aliphatic rings. The predicted molar refractivity (Wildman–Crippen MR) is 98.7 cm³/mol. The van der Waals surface area contributed by atoms with E-state index in [1.807, 2.05) is 12.1 Å². The molecule has 1 heterocycles. The molecular weight excluding hydrogens is 314 g/mol. The third-order valence-corrected chi connectivity index (χ3v) is 5.05. The molecule has 0 saturated heterocycles. The van der Waals surface area contributed by atoms with Gasteiger partial charge >= 0.3 is 0 Å². The highest BCUT2D eigenvalue weighted by Crippen LogP contribution is 2.31. The fraction of sp³-hybridized carbons (Fsp3) is 0.650. The van der Waals surface area contributed by atoms with Crippen molar-refractivity contribution in [2.45, 2.75) is 64.8 Å². The Bertz CT molecular complexity index is 525. The molecule has 1 aromatic rings. The van der Waals surface area contributed by atoms with Gasteiger partial charge in [0.1, 0.15) is 0 Å². The molecule has 0 aromatic carbocycles. The summed E-state index contributed by atoms with van der Waals surface area (Å²) >= 11 is 0. The van der Waals surface area contributed by atoms with Crippen molar-refractivity contribution >= 4 is 11.8 Å². The molecule has 0 aliphatic heterocycles. The summed E-state index contributed by atoms with van der Waals surface area (Å²) in [6.07, 6.45) is 11.9. The third kappa shape index (κ3) is 7.24. The second kappa shape index (κ2) is 10.9. The van der Waals surface area contributed by atoms with Gasteiger partial charge < -0.3 is 10.6 Å². The first-order chi connectivity index (χ1) is 12.2. The molecule has 1 aliphatic carbocycles. The minimum Gasteiger partial charge on any atom is -0.355 e. The minimum atomic E-state index is -0.0487. The van der Waals surface area contributed by atoms with Crippen LogP contribution in [0, 0.1) is 11.8 Å². The average molecular weight is 345 g/mol. The van der Waals surface area contributed by atoms with Crippen LogP contribution in [0.15, 0.2) is 24.5 Å². The first kappa shape index (κ1) is 19.4. The molecule has 0 atom stereocenters. The maximum absolute atomic E-state index is 12.2. The lowest BCUT2D eigenvalue weighted by molar-refractivity contribution is -0.126. The Kier molecular flexibility index (Phi) is 8.43. The van der Waals surface area contributed by atoms with Gasteiger partial charge in [-0.25, -0.2) is 0 Å². The van der Waals surface area contributed by atoms with Crippen LogP contribution >= 0.6 is 0 Å². The highest BCUT2D eigenvalue weighted by molar-refractivity contribution is 5.80. The van der Waals surface area contributed by atoms with Crippen LogP contribution in [0.2, 0.25) is 0 Å². The molecule has 1 aromatic heterocycles. The van der Waals surface area contributed by atoms with E-state index in [1.165, 1.54) is 32.1 Å². The first-order valence-electron chi connectivity index (χ1n) is 9.62. The summed E-state index contributed by atoms with van der Waals surface area (Å²) < 4.78 is 0. The number of pyridine rings is 1. The van der Waals surface area contributed by atoms with Crippen molar-refractivity contribution in [2.24, 2.45) is 11.8 Å². The zero-order valence-electron chi connectivity index (χ0n) is 15.3. The van der Waals surface area contributed by atoms with Gasteiger partial charge in [0.25, 0.3) is 0 Å². The van der Waals surface area contributed by atoms with Crippen LogP contribution in [0.3, 0.4) is 0 Å². The van der Waals surface area contributed by atoms with Crippen LogP contribution < -0.4 is 10.6 Å². The predicted octanol–water partition coefficient (Wildman–Crippen LogP) is 3.20. The van der Waals surface area contributed by atoms with E-state index in [4.69, 9.17) is 0 Å². The number of carbonyl (C=O) groups excluding carboxylic acids is 2. The standard InChI is InChI=1S/C20H31N3O2/c1-2-3-5-16-7-9-18(10-8-16)20(25)22-13-11-19(24)23-15-17-6-4-12-21-14-17/h4,6,12,14,16,18H,2-3,5,7-11,13,15H2,1H3,(H,22,25)(H,23,24). The molecule has 25 heavy (non-hydrogen) atoms. The largest absolute Gasteiger partial charge is 0.355 e. The molecule has 5 heteroatoms. The van der Waals surface area contributed by atoms with Gasteiger partial charge in [0.05, 0.1) is 0 Å². The van der Waals surface area contributed by atoms with Crippen molar-refractivity contribution in [3.8, 4) is 0 Å². The van der Waals surface area contributed by atoms with E-state index in [0.717, 1.165) is 24.3 Å². The fourth-order valence-corrected chi connectivity index (χ4v) is 3.44. The molecule has 0 bridgehead atoms. The lowest BCUT2D eigenvalue weighted by atomic mass is 9.79. The molecule has 0 unspecified atom stereocenters. The number of unbranched alkanes of at least 4 members (excludes halogenated alkanes) is 1. The van der Waals surface area contributed by atoms with Gasteiger partial charge in [-0.15, -0.1) is 0 Å². The van der Waals surface area contributed by atoms with Gasteiger partial charge in [-0.1, -0.05) is 32.3 Å². The second-order valence-electron chi connectivity index (χ2n) is 7.04. The van der Waals surface area contributed by atoms with Crippen LogP contribution in [0.1, 0.15) is 63.9 Å². The summed E-state index contributed by atoms with van der Waals surface area (Å²) in [5, 5.41) is 5.77. The summed E-state index contributed by atoms with van der Waals surface area (Å²) in [6, 6.07) is 3.77. The van der Waals surface area contributed by atoms with Crippen LogP contribution in [0.25, 0.3) is 0 Å². The normalized spacial score (nSPS) is 20.0. The SMILES string of the molecule is CCCCC1CCC(C(=O)NCCC(=O)NCc2cccnc2)CC1. The maximum atomic E-state index is 12.2. The van der Waals surface area contributed by atoms with Gasteiger partial charge in [0.2, 0.25) is 11.8 Å². The topological polar surface area (TPSA) is 71.1 Å². The summed E-state index contributed by atoms with van der Waals surface area (Å²) in [6.45, 7) is 3.11. The number of nitrogens with zero attached hydrogens (tertiary/aromatic N) is 1. The lowest BCUT2D eigenvalue weighted by Crippen LogP contribution is -2.35. The van der Waals surface area contributed by atoms with E-state index in [-0.39, 0.29) is 17.7 Å². The van der Waals surface area contributed by atoms with Crippen LogP contribution in [0.5, 0.6) is 0 Å². The molecule has 2 N–H and O–H groups in total. The summed E-state index contributed by atoms with van der Waals surface area (Å²) in [4.78, 5) is 28.1. The van der Waals surface area contributed by atoms with E-state index in [0.29, 0.717) is 19.5 Å². The Morgan fingerprint density at radius 2 is 2.00 bits per heavy atom. The average Bonchev–Trinajstić information content (AvgIpc) is 2.66. The number of amides is 2. The molecule has 138 valence electrons. The van der Waals surface area contributed by atoms with Crippen LogP contribution in [-0.2, 0) is 16.1 Å². The van der Waals surface area contributed by atoms with Crippen molar-refractivity contribution < 1.29 is 9.59 Å². The number of hydrogen-bond donors (Lipinski definition) is 2. The summed E-state index contributed by atoms with van der Waals surface area (Å²) in [7, 11) is 0. The Labute approximate surface area is 151 Å². The number of carbonyl (C=O) groups is 2. The maximum Gasteiger partial charge on any atom is 0.223 e. The molecule has 2 rings (SSSR count). The van der Waals surface area contributed by atoms with Crippen molar-refractivity contribution in [3.63, 3.8) is 0 Å². The first-order valence-corrected chi connectivity index (χ1v) is 9.62. The molecule has 0 spiro atoms. The van der Waals surface area contributed by atoms with Gasteiger partial charge in [0, 0.05) is 37.8 Å². The molecule has 1 fully saturated rings. The van der Waals surface area contributed by atoms with Crippen molar-refractivity contribution in [1.29, 1.82) is 0 Å². The Morgan fingerprint density at radius 3 is 2.68 bits per heavy atom. The molecule has 0 radical (unpaired) electrons. The van der Waals surface area contributed by atoms with Gasteiger partial charge in [-0.05, 0) is 43.2 Å². The lowest BCUT2D eigenvalue weighted by Gasteiger charge is -2.27. The minimum absolute atomic E-state index is 0.0487. The third-order valence-electron chi connectivity index (χ3n) is 5.05. The number of hydrogen-bond acceptors (Lipinski definition) is 3. The number of rotatable bonds is 9. The van der Waals surface area contributed by atoms with E-state index in [1.54, 1.807) is 12.4 Å². The number of nitrogens with one attached hydrogen (secondary N) is 2. The van der Waals surface area contributed by atoms with Crippen molar-refractivity contribution in [2.75, 3.05) is 6.54 Å². The van der Waals surface area contributed by atoms with E-state index in [9.17, 15) is 9.59 Å². The zero-order chi connectivity index (χ0) is 17.9. The Balaban J connectivity index is 1.57. The van der Waals surface area contributed by atoms with Gasteiger partial charge in [0.15, 0.2) is 0 Å². The highest BCUT2D eigenvalue weighted by Gasteiger charge is 2.25. The van der Waals surface area contributed by atoms with E-state index < -0.39 is 0 Å². The quantitative estimate of drug-likeness (QED) is 0.722. The Morgan fingerprint density at radius 1 is 1.20 bits per heavy atom. The summed E-state index contributed by atoms with van der Waals surface area (Å²) in [5.74, 6) is 1.01.